The van der Waals surface area contributed by atoms with E-state index in [0.717, 1.165) is 44.9 Å². The van der Waals surface area contributed by atoms with Gasteiger partial charge in [-0.05, 0) is 43.9 Å². The van der Waals surface area contributed by atoms with Crippen LogP contribution >= 0.6 is 0 Å². The molecule has 3 aliphatic rings. The van der Waals surface area contributed by atoms with Crippen molar-refractivity contribution in [2.45, 2.75) is 82.7 Å². The standard InChI is InChI=1S/C17H27FO2/c18-17-12-16(13-17,14-17)11-9-7-5-3-1-2-4-6-8-10-15(19)20/h9,11H,1-8,10,12-14H2,(H,19,20). The molecule has 0 aromatic carbocycles. The van der Waals surface area contributed by atoms with Gasteiger partial charge in [0.1, 0.15) is 5.67 Å². The molecule has 2 nitrogen and oxygen atoms in total. The van der Waals surface area contributed by atoms with Gasteiger partial charge >= 0.3 is 5.97 Å². The van der Waals surface area contributed by atoms with Crippen LogP contribution in [0, 0.1) is 5.41 Å². The number of carbonyl (C=O) groups is 1. The van der Waals surface area contributed by atoms with E-state index in [1.807, 2.05) is 0 Å². The molecule has 0 atom stereocenters. The molecule has 0 aromatic heterocycles. The summed E-state index contributed by atoms with van der Waals surface area (Å²) in [4.78, 5) is 10.3. The highest BCUT2D eigenvalue weighted by atomic mass is 19.1. The maximum atomic E-state index is 13.3. The summed E-state index contributed by atoms with van der Waals surface area (Å²) in [7, 11) is 0. The van der Waals surface area contributed by atoms with E-state index in [2.05, 4.69) is 12.2 Å². The molecule has 3 rings (SSSR count). The smallest absolute Gasteiger partial charge is 0.303 e. The van der Waals surface area contributed by atoms with Crippen molar-refractivity contribution in [3.05, 3.63) is 12.2 Å². The first-order valence-electron chi connectivity index (χ1n) is 8.12. The molecule has 0 spiro atoms. The first kappa shape index (κ1) is 15.5. The van der Waals surface area contributed by atoms with Crippen LogP contribution in [-0.4, -0.2) is 16.7 Å². The second kappa shape index (κ2) is 6.73. The number of halogens is 1. The third-order valence-corrected chi connectivity index (χ3v) is 4.74. The third kappa shape index (κ3) is 4.32. The number of hydrogen-bond acceptors (Lipinski definition) is 1. The van der Waals surface area contributed by atoms with Crippen molar-refractivity contribution in [2.24, 2.45) is 5.41 Å². The summed E-state index contributed by atoms with van der Waals surface area (Å²) in [6, 6.07) is 0. The summed E-state index contributed by atoms with van der Waals surface area (Å²) in [6.07, 6.45) is 16.2. The highest BCUT2D eigenvalue weighted by molar-refractivity contribution is 5.66. The molecular formula is C17H27FO2. The number of alkyl halides is 1. The van der Waals surface area contributed by atoms with E-state index in [-0.39, 0.29) is 5.41 Å². The van der Waals surface area contributed by atoms with E-state index >= 15 is 0 Å². The molecule has 3 fully saturated rings. The van der Waals surface area contributed by atoms with Crippen molar-refractivity contribution in [3.63, 3.8) is 0 Å². The molecule has 0 amide bonds. The molecule has 0 aliphatic heterocycles. The first-order chi connectivity index (χ1) is 9.54. The molecule has 0 radical (unpaired) electrons. The van der Waals surface area contributed by atoms with Crippen molar-refractivity contribution in [3.8, 4) is 0 Å². The van der Waals surface area contributed by atoms with Crippen LogP contribution in [0.3, 0.4) is 0 Å². The molecule has 20 heavy (non-hydrogen) atoms. The van der Waals surface area contributed by atoms with Crippen LogP contribution in [0.1, 0.15) is 77.0 Å². The highest BCUT2D eigenvalue weighted by Crippen LogP contribution is 2.70. The fourth-order valence-electron chi connectivity index (χ4n) is 3.67. The van der Waals surface area contributed by atoms with Crippen molar-refractivity contribution >= 4 is 5.97 Å². The lowest BCUT2D eigenvalue weighted by molar-refractivity contribution is -0.182. The van der Waals surface area contributed by atoms with Crippen LogP contribution in [0.4, 0.5) is 4.39 Å². The molecule has 1 N–H and O–H groups in total. The Kier molecular flexibility index (Phi) is 5.22. The Morgan fingerprint density at radius 3 is 2.10 bits per heavy atom. The van der Waals surface area contributed by atoms with Crippen LogP contribution in [0.25, 0.3) is 0 Å². The number of aliphatic carboxylic acids is 1. The van der Waals surface area contributed by atoms with Gasteiger partial charge in [0.15, 0.2) is 0 Å². The average molecular weight is 282 g/mol. The number of allylic oxidation sites excluding steroid dienone is 2. The number of carboxylic acids is 1. The fraction of sp³-hybridized carbons (Fsp3) is 0.824. The molecule has 2 bridgehead atoms. The van der Waals surface area contributed by atoms with E-state index in [1.165, 1.54) is 25.7 Å². The minimum Gasteiger partial charge on any atom is -0.481 e. The molecule has 3 saturated carbocycles. The molecule has 0 saturated heterocycles. The lowest BCUT2D eigenvalue weighted by Crippen LogP contribution is -2.63. The molecule has 3 heteroatoms. The molecular weight excluding hydrogens is 255 g/mol. The predicted molar refractivity (Wildman–Crippen MR) is 78.5 cm³/mol. The van der Waals surface area contributed by atoms with Crippen LogP contribution in [0.2, 0.25) is 0 Å². The van der Waals surface area contributed by atoms with Crippen LogP contribution in [0.15, 0.2) is 12.2 Å². The van der Waals surface area contributed by atoms with Gasteiger partial charge in [-0.3, -0.25) is 4.79 Å². The highest BCUT2D eigenvalue weighted by Gasteiger charge is 2.67. The third-order valence-electron chi connectivity index (χ3n) is 4.74. The van der Waals surface area contributed by atoms with Crippen molar-refractivity contribution in [1.29, 1.82) is 0 Å². The zero-order chi connectivity index (χ0) is 14.5. The Balaban J connectivity index is 1.34. The van der Waals surface area contributed by atoms with Gasteiger partial charge in [0, 0.05) is 6.42 Å². The summed E-state index contributed by atoms with van der Waals surface area (Å²) in [5.41, 5.74) is -0.510. The van der Waals surface area contributed by atoms with Crippen molar-refractivity contribution in [2.75, 3.05) is 0 Å². The number of carboxylic acid groups (broad SMARTS) is 1. The zero-order valence-corrected chi connectivity index (χ0v) is 12.4. The number of rotatable bonds is 11. The maximum absolute atomic E-state index is 13.3. The van der Waals surface area contributed by atoms with Crippen LogP contribution < -0.4 is 0 Å². The quantitative estimate of drug-likeness (QED) is 0.426. The van der Waals surface area contributed by atoms with Gasteiger partial charge < -0.3 is 5.11 Å². The molecule has 0 aromatic rings. The lowest BCUT2D eigenvalue weighted by Gasteiger charge is -2.64. The van der Waals surface area contributed by atoms with E-state index in [4.69, 9.17) is 5.11 Å². The monoisotopic (exact) mass is 282 g/mol. The van der Waals surface area contributed by atoms with Gasteiger partial charge in [0.25, 0.3) is 0 Å². The van der Waals surface area contributed by atoms with Crippen molar-refractivity contribution in [1.82, 2.24) is 0 Å². The number of hydrogen-bond donors (Lipinski definition) is 1. The molecule has 114 valence electrons. The Hall–Kier alpha value is -0.860. The second-order valence-electron chi connectivity index (χ2n) is 6.85. The predicted octanol–water partition coefficient (Wildman–Crippen LogP) is 5.03. The topological polar surface area (TPSA) is 37.3 Å². The Bertz CT molecular complexity index is 342. The van der Waals surface area contributed by atoms with E-state index < -0.39 is 11.6 Å². The van der Waals surface area contributed by atoms with Gasteiger partial charge in [0.05, 0.1) is 0 Å². The Morgan fingerprint density at radius 1 is 1.00 bits per heavy atom. The minimum absolute atomic E-state index is 0.263. The largest absolute Gasteiger partial charge is 0.481 e. The molecule has 3 aliphatic carbocycles. The van der Waals surface area contributed by atoms with Crippen LogP contribution in [0.5, 0.6) is 0 Å². The summed E-state index contributed by atoms with van der Waals surface area (Å²) in [6.45, 7) is 0. The Morgan fingerprint density at radius 2 is 1.55 bits per heavy atom. The van der Waals surface area contributed by atoms with Gasteiger partial charge in [-0.2, -0.15) is 0 Å². The lowest BCUT2D eigenvalue weighted by atomic mass is 9.42. The minimum atomic E-state index is -0.773. The summed E-state index contributed by atoms with van der Waals surface area (Å²) in [5.74, 6) is -0.681. The van der Waals surface area contributed by atoms with E-state index in [1.54, 1.807) is 0 Å². The van der Waals surface area contributed by atoms with Crippen molar-refractivity contribution < 1.29 is 14.3 Å². The molecule has 0 unspecified atom stereocenters. The summed E-state index contributed by atoms with van der Waals surface area (Å²) < 4.78 is 13.3. The zero-order valence-electron chi connectivity index (χ0n) is 12.4. The Labute approximate surface area is 121 Å². The number of unbranched alkanes of at least 4 members (excludes halogenated alkanes) is 7. The molecule has 0 heterocycles. The summed E-state index contributed by atoms with van der Waals surface area (Å²) in [5, 5.41) is 8.51. The van der Waals surface area contributed by atoms with Crippen LogP contribution in [-0.2, 0) is 4.79 Å². The summed E-state index contributed by atoms with van der Waals surface area (Å²) >= 11 is 0. The van der Waals surface area contributed by atoms with E-state index in [0.29, 0.717) is 6.42 Å². The van der Waals surface area contributed by atoms with Gasteiger partial charge in [-0.25, -0.2) is 4.39 Å². The first-order valence-corrected chi connectivity index (χ1v) is 8.12. The normalized spacial score (nSPS) is 31.1. The average Bonchev–Trinajstić information content (AvgIpc) is 2.31. The maximum Gasteiger partial charge on any atom is 0.303 e. The van der Waals surface area contributed by atoms with Gasteiger partial charge in [-0.1, -0.05) is 44.3 Å². The van der Waals surface area contributed by atoms with E-state index in [9.17, 15) is 9.18 Å². The second-order valence-corrected chi connectivity index (χ2v) is 6.85. The SMILES string of the molecule is O=C(O)CCCCCCCCCC=CC12CC(F)(C1)C2. The fourth-order valence-corrected chi connectivity index (χ4v) is 3.67. The van der Waals surface area contributed by atoms with Gasteiger partial charge in [0.2, 0.25) is 0 Å². The van der Waals surface area contributed by atoms with Gasteiger partial charge in [-0.15, -0.1) is 0 Å².